The molecule has 2 aliphatic rings. The maximum Gasteiger partial charge on any atom is 0.522 e. The number of anilines is 1. The molecule has 3 rings (SSSR count). The molecule has 1 saturated heterocycles. The third-order valence-corrected chi connectivity index (χ3v) is 5.32. The molecule has 0 radical (unpaired) electrons. The van der Waals surface area contributed by atoms with Gasteiger partial charge in [0.1, 0.15) is 6.61 Å². The molecule has 0 spiro atoms. The number of ether oxygens (including phenoxy) is 2. The van der Waals surface area contributed by atoms with Crippen LogP contribution in [-0.2, 0) is 14.3 Å². The second-order valence-corrected chi connectivity index (χ2v) is 7.75. The fourth-order valence-electron chi connectivity index (χ4n) is 3.36. The lowest BCUT2D eigenvalue weighted by atomic mass is 9.92. The number of rotatable bonds is 9. The standard InChI is InChI=1S/C20H23ClF3N3O4/c1-13(26-8-9-27(19(26)29)15-4-2-14(21)3-5-15)6-7-25-18(28)12-30-16-10-17(11-16)31-20(22,23)24/h2-5,16-17H,1,6-12H2,(H,25,28)/t16-,17+. The zero-order chi connectivity index (χ0) is 22.6. The van der Waals surface area contributed by atoms with Crippen LogP contribution in [0.25, 0.3) is 0 Å². The number of carbonyl (C=O) groups is 2. The van der Waals surface area contributed by atoms with Gasteiger partial charge in [0.2, 0.25) is 5.91 Å². The van der Waals surface area contributed by atoms with Crippen LogP contribution in [0.3, 0.4) is 0 Å². The first-order chi connectivity index (χ1) is 14.6. The van der Waals surface area contributed by atoms with Gasteiger partial charge in [-0.25, -0.2) is 4.79 Å². The summed E-state index contributed by atoms with van der Waals surface area (Å²) in [6.07, 6.45) is -5.42. The van der Waals surface area contributed by atoms with Crippen LogP contribution in [0.15, 0.2) is 36.5 Å². The van der Waals surface area contributed by atoms with Crippen molar-refractivity contribution >= 4 is 29.2 Å². The normalized spacial score (nSPS) is 21.2. The second kappa shape index (κ2) is 9.88. The van der Waals surface area contributed by atoms with Crippen molar-refractivity contribution in [2.45, 2.75) is 37.8 Å². The first kappa shape index (κ1) is 23.4. The van der Waals surface area contributed by atoms with Crippen LogP contribution in [0.1, 0.15) is 19.3 Å². The van der Waals surface area contributed by atoms with Gasteiger partial charge >= 0.3 is 12.4 Å². The molecular formula is C20H23ClF3N3O4. The van der Waals surface area contributed by atoms with Gasteiger partial charge in [-0.15, -0.1) is 13.2 Å². The Morgan fingerprint density at radius 1 is 1.19 bits per heavy atom. The van der Waals surface area contributed by atoms with Crippen LogP contribution in [0.4, 0.5) is 23.7 Å². The van der Waals surface area contributed by atoms with Gasteiger partial charge in [-0.3, -0.25) is 19.3 Å². The van der Waals surface area contributed by atoms with Crippen molar-refractivity contribution in [3.8, 4) is 0 Å². The van der Waals surface area contributed by atoms with Crippen molar-refractivity contribution in [3.63, 3.8) is 0 Å². The third-order valence-electron chi connectivity index (χ3n) is 5.07. The monoisotopic (exact) mass is 461 g/mol. The first-order valence-electron chi connectivity index (χ1n) is 9.77. The van der Waals surface area contributed by atoms with Crippen molar-refractivity contribution < 1.29 is 32.2 Å². The van der Waals surface area contributed by atoms with E-state index in [1.807, 2.05) is 0 Å². The highest BCUT2D eigenvalue weighted by Crippen LogP contribution is 2.32. The number of hydrogen-bond acceptors (Lipinski definition) is 4. The Kier molecular flexibility index (Phi) is 7.45. The maximum absolute atomic E-state index is 12.6. The Morgan fingerprint density at radius 2 is 1.87 bits per heavy atom. The molecule has 0 aromatic heterocycles. The van der Waals surface area contributed by atoms with E-state index in [9.17, 15) is 22.8 Å². The Morgan fingerprint density at radius 3 is 2.52 bits per heavy atom. The number of carbonyl (C=O) groups excluding carboxylic acids is 2. The predicted octanol–water partition coefficient (Wildman–Crippen LogP) is 3.69. The van der Waals surface area contributed by atoms with Gasteiger partial charge in [0.25, 0.3) is 0 Å². The Balaban J connectivity index is 1.32. The van der Waals surface area contributed by atoms with Gasteiger partial charge in [-0.05, 0) is 24.3 Å². The largest absolute Gasteiger partial charge is 0.522 e. The third kappa shape index (κ3) is 6.59. The molecule has 11 heteroatoms. The van der Waals surface area contributed by atoms with Crippen LogP contribution in [0, 0.1) is 0 Å². The minimum atomic E-state index is -4.65. The number of nitrogens with one attached hydrogen (secondary N) is 1. The molecule has 1 aliphatic heterocycles. The van der Waals surface area contributed by atoms with Crippen LogP contribution < -0.4 is 10.2 Å². The highest BCUT2D eigenvalue weighted by atomic mass is 35.5. The van der Waals surface area contributed by atoms with Gasteiger partial charge in [-0.1, -0.05) is 18.2 Å². The molecule has 1 N–H and O–H groups in total. The number of amides is 3. The molecule has 0 atom stereocenters. The van der Waals surface area contributed by atoms with Crippen LogP contribution >= 0.6 is 11.6 Å². The molecule has 7 nitrogen and oxygen atoms in total. The van der Waals surface area contributed by atoms with E-state index in [1.54, 1.807) is 34.1 Å². The minimum absolute atomic E-state index is 0.102. The average Bonchev–Trinajstić information content (AvgIpc) is 3.04. The summed E-state index contributed by atoms with van der Waals surface area (Å²) in [7, 11) is 0. The van der Waals surface area contributed by atoms with E-state index in [0.29, 0.717) is 30.2 Å². The summed E-state index contributed by atoms with van der Waals surface area (Å²) in [4.78, 5) is 27.7. The van der Waals surface area contributed by atoms with Gasteiger partial charge in [-0.2, -0.15) is 0 Å². The van der Waals surface area contributed by atoms with E-state index < -0.39 is 18.6 Å². The molecule has 1 aromatic rings. The van der Waals surface area contributed by atoms with Gasteiger partial charge in [0.15, 0.2) is 0 Å². The number of alkyl halides is 3. The number of halogens is 4. The van der Waals surface area contributed by atoms with E-state index in [2.05, 4.69) is 16.6 Å². The molecule has 1 aliphatic carbocycles. The zero-order valence-corrected chi connectivity index (χ0v) is 17.4. The van der Waals surface area contributed by atoms with Gasteiger partial charge in [0.05, 0.1) is 12.2 Å². The summed E-state index contributed by atoms with van der Waals surface area (Å²) in [6.45, 7) is 4.94. The van der Waals surface area contributed by atoms with Crippen LogP contribution in [-0.4, -0.2) is 61.6 Å². The number of urea groups is 1. The quantitative estimate of drug-likeness (QED) is 0.609. The Labute approximate surface area is 182 Å². The number of hydrogen-bond donors (Lipinski definition) is 1. The van der Waals surface area contributed by atoms with Crippen molar-refractivity contribution in [1.29, 1.82) is 0 Å². The molecule has 3 amide bonds. The molecular weight excluding hydrogens is 439 g/mol. The minimum Gasteiger partial charge on any atom is -0.368 e. The lowest BCUT2D eigenvalue weighted by Gasteiger charge is -2.34. The molecule has 1 saturated carbocycles. The number of benzene rings is 1. The molecule has 1 heterocycles. The summed E-state index contributed by atoms with van der Waals surface area (Å²) < 4.78 is 45.3. The highest BCUT2D eigenvalue weighted by molar-refractivity contribution is 6.30. The van der Waals surface area contributed by atoms with E-state index in [1.165, 1.54) is 0 Å². The average molecular weight is 462 g/mol. The lowest BCUT2D eigenvalue weighted by molar-refractivity contribution is -0.357. The predicted molar refractivity (Wildman–Crippen MR) is 108 cm³/mol. The Hall–Kier alpha value is -2.30. The second-order valence-electron chi connectivity index (χ2n) is 7.32. The van der Waals surface area contributed by atoms with Gasteiger partial charge < -0.3 is 10.1 Å². The van der Waals surface area contributed by atoms with Crippen molar-refractivity contribution in [1.82, 2.24) is 10.2 Å². The van der Waals surface area contributed by atoms with Crippen LogP contribution in [0.2, 0.25) is 5.02 Å². The van der Waals surface area contributed by atoms with E-state index in [-0.39, 0.29) is 37.9 Å². The zero-order valence-electron chi connectivity index (χ0n) is 16.7. The molecule has 0 bridgehead atoms. The SMILES string of the molecule is C=C(CCNC(=O)CO[C@H]1C[C@@H](OC(F)(F)F)C1)N1CCN(c2ccc(Cl)cc2)C1=O. The lowest BCUT2D eigenvalue weighted by Crippen LogP contribution is -2.42. The highest BCUT2D eigenvalue weighted by Gasteiger charge is 2.40. The van der Waals surface area contributed by atoms with E-state index >= 15 is 0 Å². The van der Waals surface area contributed by atoms with E-state index in [4.69, 9.17) is 16.3 Å². The molecule has 1 aromatic carbocycles. The summed E-state index contributed by atoms with van der Waals surface area (Å²) in [5.74, 6) is -0.386. The fraction of sp³-hybridized carbons (Fsp3) is 0.500. The summed E-state index contributed by atoms with van der Waals surface area (Å²) >= 11 is 5.88. The fourth-order valence-corrected chi connectivity index (χ4v) is 3.48. The summed E-state index contributed by atoms with van der Waals surface area (Å²) in [5.41, 5.74) is 1.32. The van der Waals surface area contributed by atoms with Crippen molar-refractivity contribution in [2.24, 2.45) is 0 Å². The first-order valence-corrected chi connectivity index (χ1v) is 10.2. The maximum atomic E-state index is 12.6. The summed E-state index contributed by atoms with van der Waals surface area (Å²) in [6, 6.07) is 6.78. The molecule has 31 heavy (non-hydrogen) atoms. The van der Waals surface area contributed by atoms with Crippen molar-refractivity contribution in [3.05, 3.63) is 41.6 Å². The van der Waals surface area contributed by atoms with E-state index in [0.717, 1.165) is 5.69 Å². The molecule has 0 unspecified atom stereocenters. The molecule has 2 fully saturated rings. The smallest absolute Gasteiger partial charge is 0.368 e. The number of nitrogens with zero attached hydrogens (tertiary/aromatic N) is 2. The van der Waals surface area contributed by atoms with Gasteiger partial charge in [0, 0.05) is 55.3 Å². The van der Waals surface area contributed by atoms with Crippen LogP contribution in [0.5, 0.6) is 0 Å². The summed E-state index contributed by atoms with van der Waals surface area (Å²) in [5, 5.41) is 3.24. The Bertz CT molecular complexity index is 813. The molecule has 170 valence electrons. The topological polar surface area (TPSA) is 71.1 Å². The van der Waals surface area contributed by atoms with Crippen molar-refractivity contribution in [2.75, 3.05) is 31.1 Å².